The molecule has 2 saturated heterocycles. The molecule has 3 aliphatic heterocycles. The minimum absolute atomic E-state index is 0.00878. The molecule has 172 valence electrons. The van der Waals surface area contributed by atoms with Gasteiger partial charge in [-0.1, -0.05) is 56.0 Å². The summed E-state index contributed by atoms with van der Waals surface area (Å²) in [6, 6.07) is 10.6. The fourth-order valence-corrected chi connectivity index (χ4v) is 6.70. The number of nitrogens with one attached hydrogen (secondary N) is 3. The van der Waals surface area contributed by atoms with Crippen molar-refractivity contribution >= 4 is 29.1 Å². The van der Waals surface area contributed by atoms with Crippen molar-refractivity contribution in [2.24, 2.45) is 5.92 Å². The first-order valence-electron chi connectivity index (χ1n) is 12.2. The first-order chi connectivity index (χ1) is 15.7. The maximum atomic E-state index is 13.0. The summed E-state index contributed by atoms with van der Waals surface area (Å²) in [6.45, 7) is 1.57. The molecule has 1 saturated carbocycles. The average Bonchev–Trinajstić information content (AvgIpc) is 3.10. The number of nitrogens with zero attached hydrogens (tertiary/aromatic N) is 1. The zero-order valence-electron chi connectivity index (χ0n) is 18.6. The van der Waals surface area contributed by atoms with Gasteiger partial charge in [0.2, 0.25) is 11.8 Å². The van der Waals surface area contributed by atoms with E-state index in [9.17, 15) is 9.59 Å². The molecule has 3 fully saturated rings. The predicted octanol–water partition coefficient (Wildman–Crippen LogP) is 3.07. The van der Waals surface area contributed by atoms with Gasteiger partial charge in [0, 0.05) is 19.1 Å². The lowest BCUT2D eigenvalue weighted by atomic mass is 9.94. The summed E-state index contributed by atoms with van der Waals surface area (Å²) in [5.41, 5.74) is 2.34. The number of rotatable bonds is 4. The molecule has 4 aliphatic rings. The largest absolute Gasteiger partial charge is 0.353 e. The van der Waals surface area contributed by atoms with E-state index in [0.29, 0.717) is 12.6 Å². The Bertz CT molecular complexity index is 853. The van der Waals surface area contributed by atoms with E-state index in [1.807, 2.05) is 18.2 Å². The third-order valence-corrected chi connectivity index (χ3v) is 8.52. The van der Waals surface area contributed by atoms with E-state index in [1.54, 1.807) is 11.8 Å². The molecule has 32 heavy (non-hydrogen) atoms. The van der Waals surface area contributed by atoms with E-state index < -0.39 is 0 Å². The minimum Gasteiger partial charge on any atom is -0.353 e. The molecule has 5 rings (SSSR count). The van der Waals surface area contributed by atoms with Gasteiger partial charge in [-0.2, -0.15) is 0 Å². The molecule has 1 aromatic carbocycles. The van der Waals surface area contributed by atoms with Crippen LogP contribution in [-0.4, -0.2) is 53.4 Å². The number of likely N-dealkylation sites (tertiary alicyclic amines) is 1. The van der Waals surface area contributed by atoms with Crippen LogP contribution in [0.1, 0.15) is 56.9 Å². The van der Waals surface area contributed by atoms with Crippen molar-refractivity contribution in [2.45, 2.75) is 75.0 Å². The lowest BCUT2D eigenvalue weighted by Crippen LogP contribution is -2.69. The summed E-state index contributed by atoms with van der Waals surface area (Å²) < 4.78 is 0. The van der Waals surface area contributed by atoms with Crippen LogP contribution in [-0.2, 0) is 9.59 Å². The number of benzene rings is 1. The number of hydrogen-bond acceptors (Lipinski definition) is 5. The zero-order chi connectivity index (χ0) is 21.9. The Morgan fingerprint density at radius 2 is 1.81 bits per heavy atom. The number of fused-ring (bicyclic) bond motifs is 1. The molecule has 3 N–H and O–H groups in total. The quantitative estimate of drug-likeness (QED) is 0.610. The zero-order valence-corrected chi connectivity index (χ0v) is 19.4. The number of piperidine rings is 1. The fourth-order valence-electron chi connectivity index (χ4n) is 5.55. The van der Waals surface area contributed by atoms with E-state index in [2.05, 4.69) is 38.4 Å². The molecule has 0 bridgehead atoms. The van der Waals surface area contributed by atoms with E-state index in [4.69, 9.17) is 0 Å². The smallest absolute Gasteiger partial charge is 0.237 e. The van der Waals surface area contributed by atoms with Gasteiger partial charge in [0.1, 0.15) is 11.5 Å². The molecule has 6 nitrogen and oxygen atoms in total. The van der Waals surface area contributed by atoms with Gasteiger partial charge < -0.3 is 10.6 Å². The summed E-state index contributed by atoms with van der Waals surface area (Å²) in [4.78, 5) is 28.2. The van der Waals surface area contributed by atoms with Gasteiger partial charge in [-0.25, -0.2) is 0 Å². The topological polar surface area (TPSA) is 73.5 Å². The molecule has 4 unspecified atom stereocenters. The second-order valence-corrected chi connectivity index (χ2v) is 10.6. The molecule has 7 heteroatoms. The van der Waals surface area contributed by atoms with Gasteiger partial charge >= 0.3 is 0 Å². The molecule has 2 amide bonds. The Hall–Kier alpha value is -1.83. The van der Waals surface area contributed by atoms with Gasteiger partial charge in [-0.05, 0) is 42.2 Å². The first kappa shape index (κ1) is 22.0. The number of carbonyl (C=O) groups excluding carboxylic acids is 2. The number of hydrogen-bond donors (Lipinski definition) is 3. The normalized spacial score (nSPS) is 31.9. The Balaban J connectivity index is 1.23. The van der Waals surface area contributed by atoms with E-state index >= 15 is 0 Å². The molecule has 1 aliphatic carbocycles. The van der Waals surface area contributed by atoms with Crippen LogP contribution in [0.25, 0.3) is 5.57 Å². The van der Waals surface area contributed by atoms with Crippen LogP contribution in [0.3, 0.4) is 0 Å². The van der Waals surface area contributed by atoms with Gasteiger partial charge in [-0.15, -0.1) is 11.8 Å². The highest BCUT2D eigenvalue weighted by molar-refractivity contribution is 8.04. The van der Waals surface area contributed by atoms with Gasteiger partial charge in [0.25, 0.3) is 0 Å². The molecule has 0 radical (unpaired) electrons. The Morgan fingerprint density at radius 1 is 1.03 bits per heavy atom. The molecule has 0 aromatic heterocycles. The van der Waals surface area contributed by atoms with Crippen LogP contribution >= 0.6 is 11.8 Å². The predicted molar refractivity (Wildman–Crippen MR) is 129 cm³/mol. The average molecular weight is 455 g/mol. The van der Waals surface area contributed by atoms with Gasteiger partial charge in [-0.3, -0.25) is 19.8 Å². The van der Waals surface area contributed by atoms with Crippen molar-refractivity contribution in [3.63, 3.8) is 0 Å². The first-order valence-corrected chi connectivity index (χ1v) is 13.1. The summed E-state index contributed by atoms with van der Waals surface area (Å²) >= 11 is 1.59. The van der Waals surface area contributed by atoms with Crippen molar-refractivity contribution in [1.29, 1.82) is 0 Å². The number of thioether (sulfide) groups is 1. The number of amides is 2. The summed E-state index contributed by atoms with van der Waals surface area (Å²) in [6.07, 6.45) is 8.90. The standard InChI is InChI=1S/C25H34N4O2S/c30-23(26-19-12-6-1-2-7-13-19)18-11-8-14-29(15-18)25-27-21-20(17-9-4-3-5-10-17)16-32-22(21)24(31)28-25/h3-5,9-10,16,18-19,21-22,25,27H,1-2,6-8,11-15H2,(H,26,30)(H,28,31). The third-order valence-electron chi connectivity index (χ3n) is 7.35. The van der Waals surface area contributed by atoms with Crippen LogP contribution in [0.5, 0.6) is 0 Å². The van der Waals surface area contributed by atoms with Crippen molar-refractivity contribution in [1.82, 2.24) is 20.9 Å². The molecular weight excluding hydrogens is 420 g/mol. The molecule has 0 spiro atoms. The van der Waals surface area contributed by atoms with E-state index in [1.165, 1.54) is 31.3 Å². The van der Waals surface area contributed by atoms with Crippen molar-refractivity contribution in [3.8, 4) is 0 Å². The summed E-state index contributed by atoms with van der Waals surface area (Å²) in [5.74, 6) is 0.268. The Morgan fingerprint density at radius 3 is 2.59 bits per heavy atom. The fraction of sp³-hybridized carbons (Fsp3) is 0.600. The molecule has 3 heterocycles. The lowest BCUT2D eigenvalue weighted by molar-refractivity contribution is -0.129. The monoisotopic (exact) mass is 454 g/mol. The van der Waals surface area contributed by atoms with Crippen LogP contribution in [0, 0.1) is 5.92 Å². The van der Waals surface area contributed by atoms with Gasteiger partial charge in [0.15, 0.2) is 0 Å². The van der Waals surface area contributed by atoms with Crippen LogP contribution in [0.2, 0.25) is 0 Å². The van der Waals surface area contributed by atoms with Crippen LogP contribution in [0.15, 0.2) is 35.7 Å². The second kappa shape index (κ2) is 9.98. The van der Waals surface area contributed by atoms with Crippen molar-refractivity contribution < 1.29 is 9.59 Å². The maximum absolute atomic E-state index is 13.0. The maximum Gasteiger partial charge on any atom is 0.237 e. The molecule has 1 aromatic rings. The SMILES string of the molecule is O=C(NC1CCCCCC1)C1CCCN(C2NC(=O)C3SC=C(c4ccccc4)C3N2)C1. The van der Waals surface area contributed by atoms with Gasteiger partial charge in [0.05, 0.1) is 12.0 Å². The molecule has 4 atom stereocenters. The van der Waals surface area contributed by atoms with Crippen LogP contribution in [0.4, 0.5) is 0 Å². The number of carbonyl (C=O) groups is 2. The lowest BCUT2D eigenvalue weighted by Gasteiger charge is -2.43. The minimum atomic E-state index is -0.233. The van der Waals surface area contributed by atoms with Crippen molar-refractivity contribution in [2.75, 3.05) is 13.1 Å². The highest BCUT2D eigenvalue weighted by Crippen LogP contribution is 2.38. The highest BCUT2D eigenvalue weighted by atomic mass is 32.2. The van der Waals surface area contributed by atoms with E-state index in [-0.39, 0.29) is 35.3 Å². The van der Waals surface area contributed by atoms with E-state index in [0.717, 1.165) is 37.8 Å². The van der Waals surface area contributed by atoms with Crippen LogP contribution < -0.4 is 16.0 Å². The van der Waals surface area contributed by atoms with Crippen molar-refractivity contribution in [3.05, 3.63) is 41.3 Å². The summed E-state index contributed by atoms with van der Waals surface area (Å²) in [7, 11) is 0. The third kappa shape index (κ3) is 4.75. The summed E-state index contributed by atoms with van der Waals surface area (Å²) in [5, 5.41) is 12.2. The Kier molecular flexibility index (Phi) is 6.85. The second-order valence-electron chi connectivity index (χ2n) is 9.58. The molecular formula is C25H34N4O2S. The Labute approximate surface area is 195 Å². The highest BCUT2D eigenvalue weighted by Gasteiger charge is 2.44.